The zero-order valence-electron chi connectivity index (χ0n) is 12.6. The molecule has 0 aromatic heterocycles. The van der Waals surface area contributed by atoms with Gasteiger partial charge in [0.15, 0.2) is 0 Å². The molecule has 1 atom stereocenters. The van der Waals surface area contributed by atoms with E-state index in [4.69, 9.17) is 0 Å². The highest BCUT2D eigenvalue weighted by molar-refractivity contribution is 5.90. The molecule has 0 spiro atoms. The van der Waals surface area contributed by atoms with Gasteiger partial charge >= 0.3 is 5.97 Å². The summed E-state index contributed by atoms with van der Waals surface area (Å²) in [6.45, 7) is 5.55. The van der Waals surface area contributed by atoms with Gasteiger partial charge in [0, 0.05) is 19.1 Å². The smallest absolute Gasteiger partial charge is 0.335 e. The molecule has 1 aromatic rings. The molecule has 2 N–H and O–H groups in total. The summed E-state index contributed by atoms with van der Waals surface area (Å²) in [7, 11) is 0. The van der Waals surface area contributed by atoms with Crippen LogP contribution in [0.3, 0.4) is 0 Å². The highest BCUT2D eigenvalue weighted by Gasteiger charge is 2.23. The van der Waals surface area contributed by atoms with Crippen LogP contribution in [0.25, 0.3) is 0 Å². The molecule has 0 bridgehead atoms. The minimum absolute atomic E-state index is 0.0710. The molecule has 1 aliphatic heterocycles. The molecule has 0 aliphatic carbocycles. The normalized spacial score (nSPS) is 15.4. The van der Waals surface area contributed by atoms with Crippen LogP contribution >= 0.6 is 0 Å². The highest BCUT2D eigenvalue weighted by atomic mass is 16.4. The molecular formula is C16H22N2O3. The van der Waals surface area contributed by atoms with Crippen molar-refractivity contribution in [2.45, 2.75) is 39.3 Å². The molecule has 0 saturated carbocycles. The topological polar surface area (TPSA) is 69.6 Å². The average Bonchev–Trinajstić information content (AvgIpc) is 2.50. The molecule has 2 rings (SSSR count). The summed E-state index contributed by atoms with van der Waals surface area (Å²) in [5, 5.41) is 12.4. The number of hydrogen-bond donors (Lipinski definition) is 2. The maximum atomic E-state index is 12.2. The van der Waals surface area contributed by atoms with Crippen LogP contribution in [0.5, 0.6) is 0 Å². The molecule has 0 fully saturated rings. The van der Waals surface area contributed by atoms with E-state index in [-0.39, 0.29) is 5.91 Å². The summed E-state index contributed by atoms with van der Waals surface area (Å²) in [5.41, 5.74) is 2.17. The average molecular weight is 290 g/mol. The predicted molar refractivity (Wildman–Crippen MR) is 80.3 cm³/mol. The third kappa shape index (κ3) is 3.61. The predicted octanol–water partition coefficient (Wildman–Crippen LogP) is 1.66. The molecule has 21 heavy (non-hydrogen) atoms. The van der Waals surface area contributed by atoms with Gasteiger partial charge in [-0.15, -0.1) is 0 Å². The number of amides is 1. The lowest BCUT2D eigenvalue weighted by molar-refractivity contribution is -0.131. The molecule has 1 aliphatic rings. The number of aromatic carboxylic acids is 1. The molecule has 1 amide bonds. The molecule has 0 saturated heterocycles. The van der Waals surface area contributed by atoms with E-state index in [1.807, 2.05) is 6.07 Å². The van der Waals surface area contributed by atoms with Crippen LogP contribution in [0, 0.1) is 0 Å². The van der Waals surface area contributed by atoms with Crippen molar-refractivity contribution in [2.24, 2.45) is 0 Å². The minimum atomic E-state index is -0.898. The number of carboxylic acids is 1. The van der Waals surface area contributed by atoms with Crippen molar-refractivity contribution >= 4 is 11.9 Å². The Morgan fingerprint density at radius 3 is 2.86 bits per heavy atom. The summed E-state index contributed by atoms with van der Waals surface area (Å²) >= 11 is 0. The van der Waals surface area contributed by atoms with E-state index in [1.165, 1.54) is 0 Å². The van der Waals surface area contributed by atoms with Crippen molar-refractivity contribution < 1.29 is 14.7 Å². The molecule has 5 nitrogen and oxygen atoms in total. The van der Waals surface area contributed by atoms with Crippen LogP contribution in [0.4, 0.5) is 0 Å². The van der Waals surface area contributed by atoms with E-state index < -0.39 is 5.97 Å². The van der Waals surface area contributed by atoms with Crippen molar-refractivity contribution in [2.75, 3.05) is 13.1 Å². The molecular weight excluding hydrogens is 268 g/mol. The van der Waals surface area contributed by atoms with Crippen LogP contribution in [-0.2, 0) is 17.8 Å². The molecule has 5 heteroatoms. The third-order valence-corrected chi connectivity index (χ3v) is 4.06. The van der Waals surface area contributed by atoms with Crippen molar-refractivity contribution in [3.05, 3.63) is 34.9 Å². The van der Waals surface area contributed by atoms with Crippen LogP contribution in [0.2, 0.25) is 0 Å². The molecule has 1 heterocycles. The van der Waals surface area contributed by atoms with E-state index in [1.54, 1.807) is 17.0 Å². The van der Waals surface area contributed by atoms with E-state index in [0.717, 1.165) is 17.5 Å². The van der Waals surface area contributed by atoms with E-state index in [2.05, 4.69) is 19.2 Å². The van der Waals surface area contributed by atoms with Gasteiger partial charge in [-0.05, 0) is 37.0 Å². The summed E-state index contributed by atoms with van der Waals surface area (Å²) in [6.07, 6.45) is 1.59. The second-order valence-electron chi connectivity index (χ2n) is 5.50. The summed E-state index contributed by atoms with van der Waals surface area (Å²) < 4.78 is 0. The number of rotatable bonds is 5. The van der Waals surface area contributed by atoms with Crippen LogP contribution in [0.15, 0.2) is 18.2 Å². The van der Waals surface area contributed by atoms with Gasteiger partial charge in [-0.3, -0.25) is 4.79 Å². The number of carbonyl (C=O) groups excluding carboxylic acids is 1. The zero-order valence-corrected chi connectivity index (χ0v) is 12.6. The lowest BCUT2D eigenvalue weighted by atomic mass is 9.94. The number of carboxylic acid groups (broad SMARTS) is 1. The second kappa shape index (κ2) is 6.72. The number of nitrogens with one attached hydrogen (secondary N) is 1. The Balaban J connectivity index is 2.04. The first-order valence-corrected chi connectivity index (χ1v) is 7.38. The van der Waals surface area contributed by atoms with Gasteiger partial charge in [-0.25, -0.2) is 4.79 Å². The first-order chi connectivity index (χ1) is 10.0. The Bertz CT molecular complexity index is 542. The molecule has 1 aromatic carbocycles. The summed E-state index contributed by atoms with van der Waals surface area (Å²) in [5.74, 6) is -0.827. The maximum absolute atomic E-state index is 12.2. The van der Waals surface area contributed by atoms with Gasteiger partial charge in [0.1, 0.15) is 0 Å². The Morgan fingerprint density at radius 2 is 2.19 bits per heavy atom. The Morgan fingerprint density at radius 1 is 1.43 bits per heavy atom. The van der Waals surface area contributed by atoms with E-state index >= 15 is 0 Å². The van der Waals surface area contributed by atoms with Crippen LogP contribution < -0.4 is 5.32 Å². The number of fused-ring (bicyclic) bond motifs is 1. The lowest BCUT2D eigenvalue weighted by Crippen LogP contribution is -2.43. The summed E-state index contributed by atoms with van der Waals surface area (Å²) in [4.78, 5) is 25.2. The zero-order chi connectivity index (χ0) is 15.4. The lowest BCUT2D eigenvalue weighted by Gasteiger charge is -2.30. The molecule has 1 unspecified atom stereocenters. The first kappa shape index (κ1) is 15.5. The first-order valence-electron chi connectivity index (χ1n) is 7.38. The Kier molecular flexibility index (Phi) is 4.96. The van der Waals surface area contributed by atoms with Crippen molar-refractivity contribution in [1.29, 1.82) is 0 Å². The van der Waals surface area contributed by atoms with Crippen molar-refractivity contribution in [3.8, 4) is 0 Å². The number of hydrogen-bond acceptors (Lipinski definition) is 3. The minimum Gasteiger partial charge on any atom is -0.478 e. The SMILES string of the molecule is CCC(C)NCC(=O)N1CCc2c(cccc2C(=O)O)C1. The van der Waals surface area contributed by atoms with Crippen molar-refractivity contribution in [1.82, 2.24) is 10.2 Å². The maximum Gasteiger partial charge on any atom is 0.335 e. The number of benzene rings is 1. The highest BCUT2D eigenvalue weighted by Crippen LogP contribution is 2.22. The second-order valence-corrected chi connectivity index (χ2v) is 5.50. The van der Waals surface area contributed by atoms with E-state index in [0.29, 0.717) is 37.7 Å². The van der Waals surface area contributed by atoms with Gasteiger partial charge in [0.05, 0.1) is 12.1 Å². The van der Waals surface area contributed by atoms with Gasteiger partial charge in [-0.2, -0.15) is 0 Å². The van der Waals surface area contributed by atoms with Crippen LogP contribution in [0.1, 0.15) is 41.8 Å². The monoisotopic (exact) mass is 290 g/mol. The Hall–Kier alpha value is -1.88. The van der Waals surface area contributed by atoms with E-state index in [9.17, 15) is 14.7 Å². The Labute approximate surface area is 125 Å². The van der Waals surface area contributed by atoms with Crippen LogP contribution in [-0.4, -0.2) is 41.0 Å². The fourth-order valence-corrected chi connectivity index (χ4v) is 2.54. The standard InChI is InChI=1S/C16H22N2O3/c1-3-11(2)17-9-15(19)18-8-7-13-12(10-18)5-4-6-14(13)16(20)21/h4-6,11,17H,3,7-10H2,1-2H3,(H,20,21). The quantitative estimate of drug-likeness (QED) is 0.865. The molecule has 114 valence electrons. The third-order valence-electron chi connectivity index (χ3n) is 4.06. The number of nitrogens with zero attached hydrogens (tertiary/aromatic N) is 1. The summed E-state index contributed by atoms with van der Waals surface area (Å²) in [6, 6.07) is 5.60. The van der Waals surface area contributed by atoms with Gasteiger partial charge < -0.3 is 15.3 Å². The fraction of sp³-hybridized carbons (Fsp3) is 0.500. The molecule has 0 radical (unpaired) electrons. The number of carbonyl (C=O) groups is 2. The van der Waals surface area contributed by atoms with Gasteiger partial charge in [0.25, 0.3) is 0 Å². The van der Waals surface area contributed by atoms with Gasteiger partial charge in [0.2, 0.25) is 5.91 Å². The van der Waals surface area contributed by atoms with Crippen molar-refractivity contribution in [3.63, 3.8) is 0 Å². The largest absolute Gasteiger partial charge is 0.478 e. The fourth-order valence-electron chi connectivity index (χ4n) is 2.54. The van der Waals surface area contributed by atoms with Gasteiger partial charge in [-0.1, -0.05) is 19.1 Å².